The quantitative estimate of drug-likeness (QED) is 0.783. The van der Waals surface area contributed by atoms with Crippen LogP contribution < -0.4 is 10.2 Å². The second-order valence-electron chi connectivity index (χ2n) is 4.41. The van der Waals surface area contributed by atoms with Gasteiger partial charge in [-0.2, -0.15) is 0 Å². The van der Waals surface area contributed by atoms with E-state index in [9.17, 15) is 0 Å². The zero-order valence-electron chi connectivity index (χ0n) is 9.50. The second kappa shape index (κ2) is 5.10. The monoisotopic (exact) mass is 350 g/mol. The van der Waals surface area contributed by atoms with Gasteiger partial charge in [-0.15, -0.1) is 0 Å². The lowest BCUT2D eigenvalue weighted by atomic mass is 10.1. The Morgan fingerprint density at radius 3 is 2.88 bits per heavy atom. The summed E-state index contributed by atoms with van der Waals surface area (Å²) in [7, 11) is 0. The molecule has 2 unspecified atom stereocenters. The molecule has 0 bridgehead atoms. The number of rotatable bonds is 1. The number of hydrogen-bond acceptors (Lipinski definition) is 2. The van der Waals surface area contributed by atoms with Crippen molar-refractivity contribution in [2.75, 3.05) is 18.0 Å². The van der Waals surface area contributed by atoms with E-state index < -0.39 is 0 Å². The lowest BCUT2D eigenvalue weighted by molar-refractivity contribution is 0.425. The highest BCUT2D eigenvalue weighted by molar-refractivity contribution is 14.1. The first kappa shape index (κ1) is 12.5. The molecule has 1 saturated heterocycles. The summed E-state index contributed by atoms with van der Waals surface area (Å²) in [5.74, 6) is 0. The maximum Gasteiger partial charge on any atom is 0.0506 e. The first-order valence-electron chi connectivity index (χ1n) is 5.53. The Bertz CT molecular complexity index is 383. The Hall–Kier alpha value is -0.0000000000000000763. The highest BCUT2D eigenvalue weighted by Crippen LogP contribution is 2.28. The van der Waals surface area contributed by atoms with Crippen LogP contribution in [0.2, 0.25) is 5.02 Å². The first-order chi connectivity index (χ1) is 7.58. The highest BCUT2D eigenvalue weighted by Gasteiger charge is 2.23. The minimum atomic E-state index is 0.533. The molecule has 1 N–H and O–H groups in total. The molecule has 2 nitrogen and oxygen atoms in total. The molecule has 2 atom stereocenters. The molecule has 1 aliphatic heterocycles. The van der Waals surface area contributed by atoms with Crippen LogP contribution >= 0.6 is 34.2 Å². The fourth-order valence-electron chi connectivity index (χ4n) is 2.07. The average Bonchev–Trinajstić information content (AvgIpc) is 2.22. The van der Waals surface area contributed by atoms with Crippen molar-refractivity contribution in [1.29, 1.82) is 0 Å². The van der Waals surface area contributed by atoms with Gasteiger partial charge in [0.15, 0.2) is 0 Å². The molecule has 4 heteroatoms. The Kier molecular flexibility index (Phi) is 3.97. The Morgan fingerprint density at radius 1 is 1.44 bits per heavy atom. The van der Waals surface area contributed by atoms with E-state index in [1.54, 1.807) is 0 Å². The van der Waals surface area contributed by atoms with Gasteiger partial charge in [0.25, 0.3) is 0 Å². The standard InChI is InChI=1S/C12H16ClIN2/c1-8-7-16(9(2)6-15-8)12-4-3-10(13)5-11(12)14/h3-5,8-9,15H,6-7H2,1-2H3. The smallest absolute Gasteiger partial charge is 0.0506 e. The lowest BCUT2D eigenvalue weighted by Gasteiger charge is -2.39. The molecule has 16 heavy (non-hydrogen) atoms. The van der Waals surface area contributed by atoms with Crippen LogP contribution in [0.3, 0.4) is 0 Å². The fourth-order valence-corrected chi connectivity index (χ4v) is 3.25. The molecule has 88 valence electrons. The minimum Gasteiger partial charge on any atom is -0.365 e. The van der Waals surface area contributed by atoms with Gasteiger partial charge in [-0.3, -0.25) is 0 Å². The first-order valence-corrected chi connectivity index (χ1v) is 6.98. The summed E-state index contributed by atoms with van der Waals surface area (Å²) in [5.41, 5.74) is 1.30. The van der Waals surface area contributed by atoms with Gasteiger partial charge in [0.05, 0.1) is 5.69 Å². The molecule has 0 radical (unpaired) electrons. The van der Waals surface area contributed by atoms with Gasteiger partial charge < -0.3 is 10.2 Å². The van der Waals surface area contributed by atoms with E-state index in [2.05, 4.69) is 52.7 Å². The van der Waals surface area contributed by atoms with Crippen LogP contribution in [0.25, 0.3) is 0 Å². The number of nitrogens with zero attached hydrogens (tertiary/aromatic N) is 1. The normalized spacial score (nSPS) is 25.9. The fraction of sp³-hybridized carbons (Fsp3) is 0.500. The van der Waals surface area contributed by atoms with Crippen molar-refractivity contribution in [2.45, 2.75) is 25.9 Å². The predicted octanol–water partition coefficient (Wildman–Crippen LogP) is 3.13. The van der Waals surface area contributed by atoms with E-state index in [0.29, 0.717) is 12.1 Å². The molecule has 1 aromatic rings. The van der Waals surface area contributed by atoms with E-state index >= 15 is 0 Å². The molecule has 0 spiro atoms. The molecular formula is C12H16ClIN2. The molecule has 1 heterocycles. The van der Waals surface area contributed by atoms with Gasteiger partial charge in [-0.1, -0.05) is 11.6 Å². The van der Waals surface area contributed by atoms with Crippen LogP contribution in [-0.2, 0) is 0 Å². The Balaban J connectivity index is 2.28. The SMILES string of the molecule is CC1CN(c2ccc(Cl)cc2I)C(C)CN1. The third-order valence-corrected chi connectivity index (χ3v) is 4.08. The van der Waals surface area contributed by atoms with E-state index in [0.717, 1.165) is 18.1 Å². The predicted molar refractivity (Wildman–Crippen MR) is 78.4 cm³/mol. The molecule has 1 fully saturated rings. The largest absolute Gasteiger partial charge is 0.365 e. The molecule has 1 aromatic carbocycles. The van der Waals surface area contributed by atoms with Crippen molar-refractivity contribution >= 4 is 39.9 Å². The third kappa shape index (κ3) is 2.63. The van der Waals surface area contributed by atoms with Crippen LogP contribution in [-0.4, -0.2) is 25.2 Å². The Morgan fingerprint density at radius 2 is 2.19 bits per heavy atom. The van der Waals surface area contributed by atoms with Crippen molar-refractivity contribution in [1.82, 2.24) is 5.32 Å². The van der Waals surface area contributed by atoms with E-state index in [1.807, 2.05) is 12.1 Å². The van der Waals surface area contributed by atoms with Crippen molar-refractivity contribution in [3.05, 3.63) is 26.8 Å². The minimum absolute atomic E-state index is 0.533. The summed E-state index contributed by atoms with van der Waals surface area (Å²) in [6, 6.07) is 7.20. The molecule has 1 aliphatic rings. The van der Waals surface area contributed by atoms with Gasteiger partial charge in [-0.25, -0.2) is 0 Å². The van der Waals surface area contributed by atoms with E-state index in [1.165, 1.54) is 9.26 Å². The Labute approximate surface area is 115 Å². The summed E-state index contributed by atoms with van der Waals surface area (Å²) in [6.45, 7) is 6.57. The molecule has 0 aliphatic carbocycles. The number of nitrogens with one attached hydrogen (secondary N) is 1. The van der Waals surface area contributed by atoms with Gasteiger partial charge in [0.2, 0.25) is 0 Å². The van der Waals surface area contributed by atoms with Crippen LogP contribution in [0.4, 0.5) is 5.69 Å². The van der Waals surface area contributed by atoms with Crippen LogP contribution in [0.15, 0.2) is 18.2 Å². The highest BCUT2D eigenvalue weighted by atomic mass is 127. The molecular weight excluding hydrogens is 335 g/mol. The van der Waals surface area contributed by atoms with Crippen molar-refractivity contribution in [3.63, 3.8) is 0 Å². The second-order valence-corrected chi connectivity index (χ2v) is 6.01. The van der Waals surface area contributed by atoms with Crippen LogP contribution in [0.5, 0.6) is 0 Å². The topological polar surface area (TPSA) is 15.3 Å². The summed E-state index contributed by atoms with van der Waals surface area (Å²) in [5, 5.41) is 4.30. The number of hydrogen-bond donors (Lipinski definition) is 1. The molecule has 0 amide bonds. The number of piperazine rings is 1. The van der Waals surface area contributed by atoms with Gasteiger partial charge in [-0.05, 0) is 54.6 Å². The lowest BCUT2D eigenvalue weighted by Crippen LogP contribution is -2.54. The number of anilines is 1. The van der Waals surface area contributed by atoms with Crippen LogP contribution in [0, 0.1) is 3.57 Å². The summed E-state index contributed by atoms with van der Waals surface area (Å²) < 4.78 is 1.23. The summed E-state index contributed by atoms with van der Waals surface area (Å²) >= 11 is 8.34. The summed E-state index contributed by atoms with van der Waals surface area (Å²) in [4.78, 5) is 2.46. The van der Waals surface area contributed by atoms with Crippen molar-refractivity contribution < 1.29 is 0 Å². The van der Waals surface area contributed by atoms with Crippen LogP contribution in [0.1, 0.15) is 13.8 Å². The zero-order chi connectivity index (χ0) is 11.7. The third-order valence-electron chi connectivity index (χ3n) is 2.98. The van der Waals surface area contributed by atoms with Gasteiger partial charge in [0, 0.05) is 33.8 Å². The maximum absolute atomic E-state index is 5.99. The van der Waals surface area contributed by atoms with Crippen molar-refractivity contribution in [3.8, 4) is 0 Å². The number of halogens is 2. The molecule has 0 saturated carbocycles. The van der Waals surface area contributed by atoms with E-state index in [4.69, 9.17) is 11.6 Å². The average molecular weight is 351 g/mol. The van der Waals surface area contributed by atoms with E-state index in [-0.39, 0.29) is 0 Å². The van der Waals surface area contributed by atoms with Gasteiger partial charge >= 0.3 is 0 Å². The maximum atomic E-state index is 5.99. The summed E-state index contributed by atoms with van der Waals surface area (Å²) in [6.07, 6.45) is 0. The molecule has 0 aromatic heterocycles. The van der Waals surface area contributed by atoms with Gasteiger partial charge in [0.1, 0.15) is 0 Å². The number of benzene rings is 1. The molecule has 2 rings (SSSR count). The van der Waals surface area contributed by atoms with Crippen molar-refractivity contribution in [2.24, 2.45) is 0 Å². The zero-order valence-corrected chi connectivity index (χ0v) is 12.4.